The second-order valence-electron chi connectivity index (χ2n) is 6.64. The average molecular weight is 369 g/mol. The Bertz CT molecular complexity index is 818. The maximum absolute atomic E-state index is 12.8. The van der Waals surface area contributed by atoms with E-state index in [9.17, 15) is 4.79 Å². The molecule has 2 aromatic rings. The van der Waals surface area contributed by atoms with Gasteiger partial charge >= 0.3 is 0 Å². The number of hydrogen-bond acceptors (Lipinski definition) is 5. The summed E-state index contributed by atoms with van der Waals surface area (Å²) in [5.74, 6) is 2.75. The van der Waals surface area contributed by atoms with Crippen LogP contribution in [0.3, 0.4) is 0 Å². The first-order chi connectivity index (χ1) is 13.2. The van der Waals surface area contributed by atoms with Crippen LogP contribution in [0.25, 0.3) is 0 Å². The highest BCUT2D eigenvalue weighted by molar-refractivity contribution is 5.78. The molecule has 2 aromatic carbocycles. The highest BCUT2D eigenvalue weighted by atomic mass is 16.7. The molecule has 6 heteroatoms. The third-order valence-corrected chi connectivity index (χ3v) is 4.58. The van der Waals surface area contributed by atoms with Crippen LogP contribution < -0.4 is 18.9 Å². The molecule has 0 radical (unpaired) electrons. The van der Waals surface area contributed by atoms with Crippen LogP contribution in [0.1, 0.15) is 25.3 Å². The van der Waals surface area contributed by atoms with Crippen molar-refractivity contribution in [3.8, 4) is 23.0 Å². The van der Waals surface area contributed by atoms with Gasteiger partial charge in [0.2, 0.25) is 6.79 Å². The van der Waals surface area contributed by atoms with Crippen LogP contribution in [0.4, 0.5) is 0 Å². The molecule has 0 aromatic heterocycles. The lowest BCUT2D eigenvalue weighted by atomic mass is 10.2. The van der Waals surface area contributed by atoms with E-state index in [0.717, 1.165) is 24.2 Å². The smallest absolute Gasteiger partial charge is 0.261 e. The van der Waals surface area contributed by atoms with Crippen LogP contribution in [0, 0.1) is 0 Å². The van der Waals surface area contributed by atoms with Gasteiger partial charge < -0.3 is 23.8 Å². The normalized spacial score (nSPS) is 14.7. The predicted octanol–water partition coefficient (Wildman–Crippen LogP) is 3.38. The van der Waals surface area contributed by atoms with Crippen molar-refractivity contribution in [2.45, 2.75) is 32.4 Å². The van der Waals surface area contributed by atoms with Gasteiger partial charge in [0.1, 0.15) is 11.5 Å². The molecule has 1 aliphatic heterocycles. The quantitative estimate of drug-likeness (QED) is 0.714. The number of hydrogen-bond donors (Lipinski definition) is 0. The van der Waals surface area contributed by atoms with Crippen LogP contribution in [0.2, 0.25) is 0 Å². The summed E-state index contributed by atoms with van der Waals surface area (Å²) in [4.78, 5) is 14.7. The molecule has 0 unspecified atom stereocenters. The van der Waals surface area contributed by atoms with Gasteiger partial charge in [0, 0.05) is 18.7 Å². The number of fused-ring (bicyclic) bond motifs is 1. The molecule has 2 aliphatic rings. The largest absolute Gasteiger partial charge is 0.494 e. The lowest BCUT2D eigenvalue weighted by Crippen LogP contribution is -2.36. The number of carbonyl (C=O) groups excluding carboxylic acids is 1. The number of carbonyl (C=O) groups is 1. The summed E-state index contributed by atoms with van der Waals surface area (Å²) in [5.41, 5.74) is 1.06. The van der Waals surface area contributed by atoms with Gasteiger partial charge in [-0.1, -0.05) is 12.1 Å². The Hall–Kier alpha value is -2.89. The minimum atomic E-state index is -0.0167. The molecule has 0 N–H and O–H groups in total. The van der Waals surface area contributed by atoms with Gasteiger partial charge in [0.25, 0.3) is 5.91 Å². The van der Waals surface area contributed by atoms with Gasteiger partial charge in [0.05, 0.1) is 6.61 Å². The highest BCUT2D eigenvalue weighted by Gasteiger charge is 2.32. The molecule has 0 bridgehead atoms. The SMILES string of the molecule is CCOc1cccc(CN(C(=O)COc2ccc3c(c2)OCO3)C2CC2)c1. The molecule has 4 rings (SSSR count). The molecule has 0 atom stereocenters. The molecule has 1 saturated carbocycles. The van der Waals surface area contributed by atoms with E-state index in [1.807, 2.05) is 36.1 Å². The summed E-state index contributed by atoms with van der Waals surface area (Å²) in [5, 5.41) is 0. The van der Waals surface area contributed by atoms with Gasteiger partial charge in [-0.3, -0.25) is 4.79 Å². The molecule has 27 heavy (non-hydrogen) atoms. The second kappa shape index (κ2) is 7.78. The van der Waals surface area contributed by atoms with Crippen LogP contribution in [0.15, 0.2) is 42.5 Å². The van der Waals surface area contributed by atoms with E-state index in [0.29, 0.717) is 36.4 Å². The Balaban J connectivity index is 1.38. The first-order valence-electron chi connectivity index (χ1n) is 9.26. The third-order valence-electron chi connectivity index (χ3n) is 4.58. The van der Waals surface area contributed by atoms with E-state index in [2.05, 4.69) is 0 Å². The van der Waals surface area contributed by atoms with Crippen molar-refractivity contribution in [2.24, 2.45) is 0 Å². The van der Waals surface area contributed by atoms with Gasteiger partial charge in [0.15, 0.2) is 18.1 Å². The van der Waals surface area contributed by atoms with Crippen molar-refractivity contribution < 1.29 is 23.7 Å². The van der Waals surface area contributed by atoms with Crippen molar-refractivity contribution in [3.63, 3.8) is 0 Å². The van der Waals surface area contributed by atoms with E-state index in [-0.39, 0.29) is 19.3 Å². The average Bonchev–Trinajstić information content (AvgIpc) is 3.41. The predicted molar refractivity (Wildman–Crippen MR) is 99.2 cm³/mol. The van der Waals surface area contributed by atoms with Crippen LogP contribution in [0.5, 0.6) is 23.0 Å². The number of nitrogens with zero attached hydrogens (tertiary/aromatic N) is 1. The molecule has 0 spiro atoms. The Labute approximate surface area is 158 Å². The topological polar surface area (TPSA) is 57.2 Å². The number of benzene rings is 2. The van der Waals surface area contributed by atoms with Crippen LogP contribution in [-0.2, 0) is 11.3 Å². The molecule has 0 saturated heterocycles. The van der Waals surface area contributed by atoms with Crippen LogP contribution in [-0.4, -0.2) is 36.9 Å². The number of amides is 1. The van der Waals surface area contributed by atoms with Gasteiger partial charge in [-0.05, 0) is 49.6 Å². The Morgan fingerprint density at radius 1 is 1.07 bits per heavy atom. The summed E-state index contributed by atoms with van der Waals surface area (Å²) in [6, 6.07) is 13.5. The molecular weight excluding hydrogens is 346 g/mol. The maximum Gasteiger partial charge on any atom is 0.261 e. The first-order valence-corrected chi connectivity index (χ1v) is 9.26. The summed E-state index contributed by atoms with van der Waals surface area (Å²) in [6.07, 6.45) is 2.09. The summed E-state index contributed by atoms with van der Waals surface area (Å²) < 4.78 is 21.9. The van der Waals surface area contributed by atoms with Crippen molar-refractivity contribution in [3.05, 3.63) is 48.0 Å². The van der Waals surface area contributed by atoms with Gasteiger partial charge in [-0.2, -0.15) is 0 Å². The minimum Gasteiger partial charge on any atom is -0.494 e. The molecule has 1 heterocycles. The Kier molecular flexibility index (Phi) is 5.05. The van der Waals surface area contributed by atoms with Crippen molar-refractivity contribution in [2.75, 3.05) is 20.0 Å². The van der Waals surface area contributed by atoms with Crippen molar-refractivity contribution in [1.29, 1.82) is 0 Å². The fourth-order valence-corrected chi connectivity index (χ4v) is 3.10. The molecule has 1 aliphatic carbocycles. The monoisotopic (exact) mass is 369 g/mol. The molecule has 6 nitrogen and oxygen atoms in total. The summed E-state index contributed by atoms with van der Waals surface area (Å²) in [6.45, 7) is 3.36. The van der Waals surface area contributed by atoms with E-state index < -0.39 is 0 Å². The maximum atomic E-state index is 12.8. The van der Waals surface area contributed by atoms with E-state index >= 15 is 0 Å². The Morgan fingerprint density at radius 3 is 2.70 bits per heavy atom. The zero-order valence-corrected chi connectivity index (χ0v) is 15.3. The number of rotatable bonds is 8. The Morgan fingerprint density at radius 2 is 1.89 bits per heavy atom. The zero-order valence-electron chi connectivity index (χ0n) is 15.3. The fourth-order valence-electron chi connectivity index (χ4n) is 3.10. The molecule has 1 fully saturated rings. The van der Waals surface area contributed by atoms with Crippen LogP contribution >= 0.6 is 0 Å². The van der Waals surface area contributed by atoms with Gasteiger partial charge in [-0.25, -0.2) is 0 Å². The summed E-state index contributed by atoms with van der Waals surface area (Å²) in [7, 11) is 0. The molecular formula is C21H23NO5. The lowest BCUT2D eigenvalue weighted by molar-refractivity contribution is -0.134. The molecule has 142 valence electrons. The molecule has 1 amide bonds. The van der Waals surface area contributed by atoms with Gasteiger partial charge in [-0.15, -0.1) is 0 Å². The fraction of sp³-hybridized carbons (Fsp3) is 0.381. The van der Waals surface area contributed by atoms with E-state index in [4.69, 9.17) is 18.9 Å². The zero-order chi connectivity index (χ0) is 18.6. The van der Waals surface area contributed by atoms with E-state index in [1.54, 1.807) is 18.2 Å². The number of ether oxygens (including phenoxy) is 4. The highest BCUT2D eigenvalue weighted by Crippen LogP contribution is 2.35. The minimum absolute atomic E-state index is 0.00128. The van der Waals surface area contributed by atoms with E-state index in [1.165, 1.54) is 0 Å². The first kappa shape index (κ1) is 17.5. The summed E-state index contributed by atoms with van der Waals surface area (Å²) >= 11 is 0. The lowest BCUT2D eigenvalue weighted by Gasteiger charge is -2.23. The van der Waals surface area contributed by atoms with Crippen molar-refractivity contribution >= 4 is 5.91 Å². The second-order valence-corrected chi connectivity index (χ2v) is 6.64. The standard InChI is InChI=1S/C21H23NO5/c1-2-24-17-5-3-4-15(10-17)12-22(16-6-7-16)21(23)13-25-18-8-9-19-20(11-18)27-14-26-19/h3-5,8-11,16H,2,6-7,12-14H2,1H3. The van der Waals surface area contributed by atoms with Crippen molar-refractivity contribution in [1.82, 2.24) is 4.90 Å². The third kappa shape index (κ3) is 4.27.